The maximum Gasteiger partial charge on any atom is 0.301 e. The Balaban J connectivity index is 0.680. The maximum atomic E-state index is 15.8. The number of alkyl halides is 1. The Morgan fingerprint density at radius 1 is 0.890 bits per heavy atom. The Morgan fingerprint density at radius 3 is 2.29 bits per heavy atom. The molecule has 4 aliphatic heterocycles. The van der Waals surface area contributed by atoms with E-state index in [0.29, 0.717) is 22.5 Å². The number of likely N-dealkylation sites (tertiary alicyclic amines) is 2. The Morgan fingerprint density at radius 2 is 1.62 bits per heavy atom. The van der Waals surface area contributed by atoms with Crippen LogP contribution in [-0.4, -0.2) is 167 Å². The van der Waals surface area contributed by atoms with Gasteiger partial charge in [-0.15, -0.1) is 11.3 Å². The lowest BCUT2D eigenvalue weighted by Crippen LogP contribution is -2.59. The van der Waals surface area contributed by atoms with Crippen molar-refractivity contribution >= 4 is 67.5 Å². The number of β-amino-alcohol motifs (C(OH)–C–C–N with tert-alkyl or cyclic N) is 1. The first kappa shape index (κ1) is 58.4. The van der Waals surface area contributed by atoms with E-state index in [4.69, 9.17) is 0 Å². The number of nitrogens with one attached hydrogen (secondary N) is 4. The molecule has 3 aromatic carbocycles. The third kappa shape index (κ3) is 12.9. The number of ketones is 1. The van der Waals surface area contributed by atoms with E-state index in [9.17, 15) is 37.1 Å². The Hall–Kier alpha value is -6.76. The number of anilines is 2. The second-order valence-electron chi connectivity index (χ2n) is 23.1. The summed E-state index contributed by atoms with van der Waals surface area (Å²) >= 11 is 1.55. The van der Waals surface area contributed by atoms with Crippen LogP contribution in [0.4, 0.5) is 24.5 Å². The van der Waals surface area contributed by atoms with Gasteiger partial charge < -0.3 is 30.5 Å². The first-order chi connectivity index (χ1) is 39.1. The summed E-state index contributed by atoms with van der Waals surface area (Å²) in [6.45, 7) is 17.4. The van der Waals surface area contributed by atoms with Crippen LogP contribution < -0.4 is 20.3 Å². The predicted molar refractivity (Wildman–Crippen MR) is 309 cm³/mol. The second kappa shape index (κ2) is 24.2. The van der Waals surface area contributed by atoms with E-state index in [0.717, 1.165) is 114 Å². The molecule has 1 radical (unpaired) electrons. The molecular weight excluding hydrogens is 1100 g/mol. The molecule has 23 heteroatoms. The number of piperidine rings is 1. The number of amides is 3. The number of thiazole rings is 1. The van der Waals surface area contributed by atoms with Gasteiger partial charge in [0.1, 0.15) is 29.7 Å². The summed E-state index contributed by atoms with van der Waals surface area (Å²) in [5.41, 5.74) is 5.83. The fraction of sp³-hybridized carbons (Fsp3) is 0.441. The third-order valence-electron chi connectivity index (χ3n) is 16.2. The van der Waals surface area contributed by atoms with E-state index in [-0.39, 0.29) is 56.4 Å². The van der Waals surface area contributed by atoms with E-state index in [1.807, 2.05) is 74.9 Å². The fourth-order valence-corrected chi connectivity index (χ4v) is 13.6. The smallest absolute Gasteiger partial charge is 0.301 e. The highest BCUT2D eigenvalue weighted by molar-refractivity contribution is 7.90. The van der Waals surface area contributed by atoms with Crippen molar-refractivity contribution in [1.82, 2.24) is 44.6 Å². The highest BCUT2D eigenvalue weighted by atomic mass is 32.2. The standard InChI is InChI=1S/C59H69F3N11O7S2/c1-35-24-39(54-36(2)66-34-81-54)6-7-40(35)27-65-57(77)49-26-44(74)32-73(49)58(78)55(59(3,4)5)67-50(75)33-69-17-14-37(15-18-69)30-70-20-22-71(23-21-70)43-10-8-38(9-11-43)41-25-45-46(29-64-56(45)63-28-41)53(76)51-47(61)12-13-48(52(51)62)68-82(79,80)72-19-16-42(60)31-72/h6-13,24-25,28-29,34,37,42,44,49,55,68,74H,1,14-23,26-27,30-33H2,2-5H3,(H,63,64)(H,65,77)(H,67,75)/t42-,44-,49+,55-/m1/s1. The number of pyridine rings is 1. The first-order valence-corrected chi connectivity index (χ1v) is 30.0. The number of piperazine rings is 1. The summed E-state index contributed by atoms with van der Waals surface area (Å²) in [7, 11) is -4.37. The summed E-state index contributed by atoms with van der Waals surface area (Å²) in [5, 5.41) is 17.0. The highest BCUT2D eigenvalue weighted by Crippen LogP contribution is 2.34. The van der Waals surface area contributed by atoms with Crippen LogP contribution >= 0.6 is 11.3 Å². The molecule has 0 aliphatic carbocycles. The average molecular weight is 1170 g/mol. The van der Waals surface area contributed by atoms with E-state index >= 15 is 8.78 Å². The summed E-state index contributed by atoms with van der Waals surface area (Å²) in [6, 6.07) is 15.4. The maximum absolute atomic E-state index is 15.8. The van der Waals surface area contributed by atoms with Crippen molar-refractivity contribution in [3.8, 4) is 21.6 Å². The number of H-pyrrole nitrogens is 1. The van der Waals surface area contributed by atoms with Gasteiger partial charge in [-0.25, -0.2) is 23.1 Å². The van der Waals surface area contributed by atoms with Crippen LogP contribution in [0.15, 0.2) is 78.6 Å². The van der Waals surface area contributed by atoms with Crippen molar-refractivity contribution in [2.75, 3.05) is 81.6 Å². The van der Waals surface area contributed by atoms with Gasteiger partial charge >= 0.3 is 10.2 Å². The van der Waals surface area contributed by atoms with Gasteiger partial charge in [-0.1, -0.05) is 45.0 Å². The monoisotopic (exact) mass is 1160 g/mol. The van der Waals surface area contributed by atoms with Crippen molar-refractivity contribution < 1.29 is 45.9 Å². The van der Waals surface area contributed by atoms with Crippen LogP contribution in [0.25, 0.3) is 32.6 Å². The molecule has 3 aromatic heterocycles. The predicted octanol–water partition coefficient (Wildman–Crippen LogP) is 6.70. The number of carbonyl (C=O) groups is 4. The molecule has 0 saturated carbocycles. The number of hydrogen-bond donors (Lipinski definition) is 5. The summed E-state index contributed by atoms with van der Waals surface area (Å²) in [6.07, 6.45) is 2.64. The fourth-order valence-electron chi connectivity index (χ4n) is 11.5. The first-order valence-electron chi connectivity index (χ1n) is 27.7. The van der Waals surface area contributed by atoms with Crippen LogP contribution in [-0.2, 0) is 31.1 Å². The van der Waals surface area contributed by atoms with Gasteiger partial charge in [0.2, 0.25) is 23.5 Å². The largest absolute Gasteiger partial charge is 0.391 e. The van der Waals surface area contributed by atoms with Crippen molar-refractivity contribution in [3.05, 3.63) is 125 Å². The number of aromatic amines is 1. The summed E-state index contributed by atoms with van der Waals surface area (Å²) < 4.78 is 73.4. The van der Waals surface area contributed by atoms with Crippen molar-refractivity contribution in [2.24, 2.45) is 11.3 Å². The molecule has 82 heavy (non-hydrogen) atoms. The lowest BCUT2D eigenvalue weighted by molar-refractivity contribution is -0.144. The zero-order valence-electron chi connectivity index (χ0n) is 46.4. The zero-order chi connectivity index (χ0) is 58.2. The van der Waals surface area contributed by atoms with E-state index < -0.39 is 81.1 Å². The van der Waals surface area contributed by atoms with Crippen LogP contribution in [0.1, 0.15) is 79.2 Å². The molecule has 6 aromatic rings. The molecule has 0 bridgehead atoms. The van der Waals surface area contributed by atoms with Gasteiger partial charge in [-0.05, 0) is 116 Å². The van der Waals surface area contributed by atoms with Crippen LogP contribution in [0.3, 0.4) is 0 Å². The van der Waals surface area contributed by atoms with Crippen molar-refractivity contribution in [1.29, 1.82) is 0 Å². The number of aromatic nitrogens is 3. The van der Waals surface area contributed by atoms with Gasteiger partial charge in [0.15, 0.2) is 5.82 Å². The summed E-state index contributed by atoms with van der Waals surface area (Å²) in [4.78, 5) is 76.6. The number of benzene rings is 3. The number of fused-ring (bicyclic) bond motifs is 1. The number of aliphatic hydroxyl groups excluding tert-OH is 1. The Bertz CT molecular complexity index is 3470. The molecule has 0 unspecified atom stereocenters. The molecule has 5 N–H and O–H groups in total. The average Bonchev–Trinajstić information content (AvgIpc) is 4.18. The molecule has 0 spiro atoms. The Labute approximate surface area is 479 Å². The normalized spacial score (nSPS) is 20.1. The molecule has 435 valence electrons. The van der Waals surface area contributed by atoms with E-state index in [1.165, 1.54) is 11.1 Å². The Kier molecular flexibility index (Phi) is 17.3. The molecule has 4 atom stereocenters. The lowest BCUT2D eigenvalue weighted by Gasteiger charge is -2.40. The number of hydrogen-bond acceptors (Lipinski definition) is 13. The van der Waals surface area contributed by atoms with E-state index in [1.54, 1.807) is 29.1 Å². The SMILES string of the molecule is [CH2]c1cc(-c2scnc2C)ccc1CNC(=O)[C@@H]1C[C@@H](O)CN1C(=O)[C@@H](NC(=O)CN1CCC(CN2CCN(c3ccc(-c4cnc5[nH]cc(C(=O)c6c(F)ccc(NS(=O)(=O)N7CC[C@@H](F)C7)c6F)c5c4)cc3)CC2)CC1)C(C)(C)C. The number of nitrogens with zero attached hydrogens (tertiary/aromatic N) is 7. The van der Waals surface area contributed by atoms with Crippen molar-refractivity contribution in [2.45, 2.75) is 84.3 Å². The number of aryl methyl sites for hydroxylation is 1. The van der Waals surface area contributed by atoms with Gasteiger partial charge in [-0.2, -0.15) is 12.7 Å². The van der Waals surface area contributed by atoms with E-state index in [2.05, 4.69) is 47.2 Å². The molecule has 18 nitrogen and oxygen atoms in total. The molecule has 4 fully saturated rings. The number of aliphatic hydroxyl groups is 1. The minimum absolute atomic E-state index is 0.00591. The molecular formula is C59H69F3N11O7S2. The topological polar surface area (TPSA) is 217 Å². The van der Waals surface area contributed by atoms with Gasteiger partial charge in [-0.3, -0.25) is 33.7 Å². The van der Waals surface area contributed by atoms with Crippen molar-refractivity contribution in [3.63, 3.8) is 0 Å². The zero-order valence-corrected chi connectivity index (χ0v) is 48.0. The second-order valence-corrected chi connectivity index (χ2v) is 25.6. The molecule has 4 saturated heterocycles. The molecule has 4 aliphatic rings. The molecule has 7 heterocycles. The quantitative estimate of drug-likeness (QED) is 0.0604. The summed E-state index contributed by atoms with van der Waals surface area (Å²) in [5.74, 6) is -4.18. The van der Waals surface area contributed by atoms with Gasteiger partial charge in [0.05, 0.1) is 40.0 Å². The van der Waals surface area contributed by atoms with Gasteiger partial charge in [0, 0.05) is 99.9 Å². The minimum atomic E-state index is -4.37. The molecule has 10 rings (SSSR count). The number of carbonyl (C=O) groups excluding carboxylic acids is 4. The van der Waals surface area contributed by atoms with Crippen LogP contribution in [0.5, 0.6) is 0 Å². The minimum Gasteiger partial charge on any atom is -0.391 e. The van der Waals surface area contributed by atoms with Crippen LogP contribution in [0.2, 0.25) is 0 Å². The van der Waals surface area contributed by atoms with Gasteiger partial charge in [0.25, 0.3) is 0 Å². The lowest BCUT2D eigenvalue weighted by atomic mass is 9.85. The number of halogens is 3. The third-order valence-corrected chi connectivity index (χ3v) is 18.7. The highest BCUT2D eigenvalue weighted by Gasteiger charge is 2.45. The van der Waals surface area contributed by atoms with Crippen LogP contribution in [0, 0.1) is 36.8 Å². The molecule has 3 amide bonds. The number of rotatable bonds is 17.